The summed E-state index contributed by atoms with van der Waals surface area (Å²) in [6.07, 6.45) is 2.14. The minimum atomic E-state index is 0.123. The van der Waals surface area contributed by atoms with Crippen LogP contribution >= 0.6 is 0 Å². The Labute approximate surface area is 135 Å². The lowest BCUT2D eigenvalue weighted by molar-refractivity contribution is -0.000215. The Morgan fingerprint density at radius 2 is 1.91 bits per heavy atom. The van der Waals surface area contributed by atoms with E-state index in [2.05, 4.69) is 52.7 Å². The van der Waals surface area contributed by atoms with Crippen molar-refractivity contribution in [2.75, 3.05) is 13.2 Å². The van der Waals surface area contributed by atoms with Crippen molar-refractivity contribution in [3.8, 4) is 11.1 Å². The van der Waals surface area contributed by atoms with Crippen molar-refractivity contribution in [3.05, 3.63) is 54.0 Å². The molecule has 2 aromatic heterocycles. The molecule has 0 bridgehead atoms. The van der Waals surface area contributed by atoms with Gasteiger partial charge in [0.15, 0.2) is 5.65 Å². The lowest BCUT2D eigenvalue weighted by Crippen LogP contribution is -2.41. The summed E-state index contributed by atoms with van der Waals surface area (Å²) < 4.78 is 7.73. The zero-order valence-electron chi connectivity index (χ0n) is 13.4. The van der Waals surface area contributed by atoms with Gasteiger partial charge in [-0.1, -0.05) is 24.3 Å². The van der Waals surface area contributed by atoms with Crippen molar-refractivity contribution >= 4 is 5.65 Å². The maximum absolute atomic E-state index is 5.90. The van der Waals surface area contributed by atoms with Gasteiger partial charge in [-0.2, -0.15) is 5.10 Å². The molecule has 2 atom stereocenters. The first-order chi connectivity index (χ1) is 11.2. The number of rotatable bonds is 2. The summed E-state index contributed by atoms with van der Waals surface area (Å²) in [6.45, 7) is 5.76. The summed E-state index contributed by atoms with van der Waals surface area (Å²) in [7, 11) is 0. The molecule has 3 aromatic rings. The largest absolute Gasteiger partial charge is 0.371 e. The molecule has 23 heavy (non-hydrogen) atoms. The van der Waals surface area contributed by atoms with Crippen molar-refractivity contribution in [3.63, 3.8) is 0 Å². The van der Waals surface area contributed by atoms with E-state index >= 15 is 0 Å². The summed E-state index contributed by atoms with van der Waals surface area (Å²) in [5, 5.41) is 7.83. The second kappa shape index (κ2) is 5.76. The number of benzene rings is 1. The van der Waals surface area contributed by atoms with E-state index in [1.807, 2.05) is 23.7 Å². The highest BCUT2D eigenvalue weighted by molar-refractivity contribution is 5.64. The lowest BCUT2D eigenvalue weighted by atomic mass is 9.99. The standard InChI is InChI=1S/C18H20N4O/c1-12-18(23-10-9-19-12)15-5-3-14(4-6-15)16-7-8-17-20-13(2)21-22(17)11-16/h3-8,11-12,18-19H,9-10H2,1-2H3/t12-,18+/m0/s1. The molecule has 0 spiro atoms. The smallest absolute Gasteiger partial charge is 0.155 e. The summed E-state index contributed by atoms with van der Waals surface area (Å²) in [4.78, 5) is 4.36. The zero-order chi connectivity index (χ0) is 15.8. The first-order valence-electron chi connectivity index (χ1n) is 7.99. The van der Waals surface area contributed by atoms with E-state index in [1.54, 1.807) is 0 Å². The van der Waals surface area contributed by atoms with E-state index in [4.69, 9.17) is 4.74 Å². The van der Waals surface area contributed by atoms with Gasteiger partial charge in [0.25, 0.3) is 0 Å². The van der Waals surface area contributed by atoms with E-state index in [0.29, 0.717) is 6.04 Å². The molecular weight excluding hydrogens is 288 g/mol. The fourth-order valence-corrected chi connectivity index (χ4v) is 3.14. The molecule has 1 saturated heterocycles. The van der Waals surface area contributed by atoms with Crippen molar-refractivity contribution in [2.45, 2.75) is 26.0 Å². The number of ether oxygens (including phenoxy) is 1. The zero-order valence-corrected chi connectivity index (χ0v) is 13.4. The first kappa shape index (κ1) is 14.4. The van der Waals surface area contributed by atoms with Gasteiger partial charge < -0.3 is 10.1 Å². The van der Waals surface area contributed by atoms with Gasteiger partial charge in [-0.05, 0) is 37.1 Å². The number of morpholine rings is 1. The molecule has 5 nitrogen and oxygen atoms in total. The van der Waals surface area contributed by atoms with Crippen molar-refractivity contribution in [1.82, 2.24) is 19.9 Å². The summed E-state index contributed by atoms with van der Waals surface area (Å²) in [5.74, 6) is 0.786. The number of nitrogens with zero attached hydrogens (tertiary/aromatic N) is 3. The Morgan fingerprint density at radius 3 is 2.70 bits per heavy atom. The minimum Gasteiger partial charge on any atom is -0.371 e. The molecule has 0 aliphatic carbocycles. The molecule has 1 aliphatic rings. The normalized spacial score (nSPS) is 21.7. The van der Waals surface area contributed by atoms with Crippen LogP contribution in [0.3, 0.4) is 0 Å². The third-order valence-corrected chi connectivity index (χ3v) is 4.33. The molecule has 118 valence electrons. The number of nitrogens with one attached hydrogen (secondary N) is 1. The summed E-state index contributed by atoms with van der Waals surface area (Å²) >= 11 is 0. The van der Waals surface area contributed by atoms with E-state index in [9.17, 15) is 0 Å². The van der Waals surface area contributed by atoms with Gasteiger partial charge in [0, 0.05) is 24.3 Å². The molecule has 5 heteroatoms. The molecule has 0 amide bonds. The highest BCUT2D eigenvalue weighted by atomic mass is 16.5. The molecule has 0 unspecified atom stereocenters. The monoisotopic (exact) mass is 308 g/mol. The van der Waals surface area contributed by atoms with Gasteiger partial charge in [0.05, 0.1) is 12.7 Å². The molecular formula is C18H20N4O. The van der Waals surface area contributed by atoms with Gasteiger partial charge in [-0.3, -0.25) is 0 Å². The van der Waals surface area contributed by atoms with Crippen molar-refractivity contribution in [2.24, 2.45) is 0 Å². The molecule has 3 heterocycles. The highest BCUT2D eigenvalue weighted by Crippen LogP contribution is 2.27. The second-order valence-electron chi connectivity index (χ2n) is 6.04. The Hall–Kier alpha value is -2.24. The molecule has 0 radical (unpaired) electrons. The van der Waals surface area contributed by atoms with Crippen LogP contribution in [0.15, 0.2) is 42.6 Å². The average molecular weight is 308 g/mol. The van der Waals surface area contributed by atoms with E-state index in [1.165, 1.54) is 11.1 Å². The van der Waals surface area contributed by atoms with E-state index in [-0.39, 0.29) is 6.10 Å². The summed E-state index contributed by atoms with van der Waals surface area (Å²) in [6, 6.07) is 13.0. The number of aromatic nitrogens is 3. The first-order valence-corrected chi connectivity index (χ1v) is 7.99. The van der Waals surface area contributed by atoms with Crippen molar-refractivity contribution in [1.29, 1.82) is 0 Å². The fourth-order valence-electron chi connectivity index (χ4n) is 3.14. The second-order valence-corrected chi connectivity index (χ2v) is 6.04. The van der Waals surface area contributed by atoms with Gasteiger partial charge in [0.2, 0.25) is 0 Å². The SMILES string of the molecule is Cc1nc2ccc(-c3ccc([C@@H]4OCCN[C@H]4C)cc3)cn2n1. The average Bonchev–Trinajstić information content (AvgIpc) is 2.94. The van der Waals surface area contributed by atoms with E-state index < -0.39 is 0 Å². The molecule has 4 rings (SSSR count). The Morgan fingerprint density at radius 1 is 1.13 bits per heavy atom. The third kappa shape index (κ3) is 2.73. The Bertz CT molecular complexity index is 825. The summed E-state index contributed by atoms with van der Waals surface area (Å²) in [5.41, 5.74) is 4.38. The van der Waals surface area contributed by atoms with Crippen LogP contribution in [0.2, 0.25) is 0 Å². The number of fused-ring (bicyclic) bond motifs is 1. The van der Waals surface area contributed by atoms with Crippen LogP contribution in [-0.4, -0.2) is 33.8 Å². The maximum atomic E-state index is 5.90. The molecule has 0 saturated carbocycles. The van der Waals surface area contributed by atoms with Crippen LogP contribution in [0.25, 0.3) is 16.8 Å². The number of hydrogen-bond donors (Lipinski definition) is 1. The van der Waals surface area contributed by atoms with Gasteiger partial charge in [0.1, 0.15) is 5.82 Å². The highest BCUT2D eigenvalue weighted by Gasteiger charge is 2.23. The number of hydrogen-bond acceptors (Lipinski definition) is 4. The van der Waals surface area contributed by atoms with Crippen molar-refractivity contribution < 1.29 is 4.74 Å². The maximum Gasteiger partial charge on any atom is 0.155 e. The van der Waals surface area contributed by atoms with Gasteiger partial charge in [-0.15, -0.1) is 0 Å². The molecule has 1 aliphatic heterocycles. The quantitative estimate of drug-likeness (QED) is 0.791. The van der Waals surface area contributed by atoms with Crippen LogP contribution in [0.5, 0.6) is 0 Å². The third-order valence-electron chi connectivity index (χ3n) is 4.33. The van der Waals surface area contributed by atoms with Crippen LogP contribution in [0.4, 0.5) is 0 Å². The predicted octanol–water partition coefficient (Wildman–Crippen LogP) is 2.75. The van der Waals surface area contributed by atoms with Gasteiger partial charge >= 0.3 is 0 Å². The minimum absolute atomic E-state index is 0.123. The predicted molar refractivity (Wildman–Crippen MR) is 89.3 cm³/mol. The number of pyridine rings is 1. The molecule has 1 aromatic carbocycles. The molecule has 1 fully saturated rings. The van der Waals surface area contributed by atoms with E-state index in [0.717, 1.165) is 30.2 Å². The molecule has 1 N–H and O–H groups in total. The number of aryl methyl sites for hydroxylation is 1. The topological polar surface area (TPSA) is 51.5 Å². The van der Waals surface area contributed by atoms with Crippen LogP contribution in [-0.2, 0) is 4.74 Å². The van der Waals surface area contributed by atoms with Gasteiger partial charge in [-0.25, -0.2) is 9.50 Å². The van der Waals surface area contributed by atoms with Crippen LogP contribution in [0.1, 0.15) is 24.4 Å². The Kier molecular flexibility index (Phi) is 3.59. The fraction of sp³-hybridized carbons (Fsp3) is 0.333. The van der Waals surface area contributed by atoms with Crippen LogP contribution in [0, 0.1) is 6.92 Å². The van der Waals surface area contributed by atoms with Crippen LogP contribution < -0.4 is 5.32 Å². The Balaban J connectivity index is 1.63. The lowest BCUT2D eigenvalue weighted by Gasteiger charge is -2.30.